The molecule has 0 unspecified atom stereocenters. The molecule has 1 heterocycles. The second-order valence-electron chi connectivity index (χ2n) is 6.43. The zero-order chi connectivity index (χ0) is 20.9. The maximum absolute atomic E-state index is 12.6. The van der Waals surface area contributed by atoms with Crippen LogP contribution in [0, 0.1) is 18.3 Å². The number of ether oxygens (including phenoxy) is 1. The number of likely N-dealkylation sites (N-methyl/N-ethyl adjacent to an activating group) is 1. The molecule has 0 aliphatic heterocycles. The number of nitrogens with zero attached hydrogens (tertiary/aromatic N) is 4. The van der Waals surface area contributed by atoms with Crippen molar-refractivity contribution in [2.45, 2.75) is 24.8 Å². The molecule has 0 saturated heterocycles. The lowest BCUT2D eigenvalue weighted by Gasteiger charge is -2.16. The fraction of sp³-hybridized carbons (Fsp3) is 0.250. The Bertz CT molecular complexity index is 1140. The lowest BCUT2D eigenvalue weighted by molar-refractivity contribution is 0.242. The number of aromatic nitrogens is 2. The average molecular weight is 412 g/mol. The van der Waals surface area contributed by atoms with Crippen LogP contribution in [0.3, 0.4) is 0 Å². The summed E-state index contributed by atoms with van der Waals surface area (Å²) in [7, 11) is -2.25. The fourth-order valence-electron chi connectivity index (χ4n) is 2.58. The van der Waals surface area contributed by atoms with Crippen LogP contribution in [0.4, 0.5) is 0 Å². The smallest absolute Gasteiger partial charge is 0.264 e. The van der Waals surface area contributed by atoms with Crippen LogP contribution < -0.4 is 4.74 Å². The maximum atomic E-state index is 12.6. The molecule has 0 amide bonds. The number of hydrogen-bond donors (Lipinski definition) is 0. The summed E-state index contributed by atoms with van der Waals surface area (Å²) in [6, 6.07) is 15.4. The van der Waals surface area contributed by atoms with Gasteiger partial charge >= 0.3 is 0 Å². The molecular weight excluding hydrogens is 392 g/mol. The van der Waals surface area contributed by atoms with Gasteiger partial charge in [-0.1, -0.05) is 23.4 Å². The Hall–Kier alpha value is -3.22. The van der Waals surface area contributed by atoms with Crippen LogP contribution in [0.2, 0.25) is 0 Å². The van der Waals surface area contributed by atoms with E-state index in [2.05, 4.69) is 10.1 Å². The maximum Gasteiger partial charge on any atom is 0.264 e. The quantitative estimate of drug-likeness (QED) is 0.559. The zero-order valence-corrected chi connectivity index (χ0v) is 16.9. The van der Waals surface area contributed by atoms with Crippen molar-refractivity contribution in [1.82, 2.24) is 14.4 Å². The Morgan fingerprint density at radius 1 is 1.21 bits per heavy atom. The minimum Gasteiger partial charge on any atom is -0.484 e. The summed E-state index contributed by atoms with van der Waals surface area (Å²) >= 11 is 0. The molecular formula is C20H20N4O4S. The third-order valence-corrected chi connectivity index (χ3v) is 6.04. The Kier molecular flexibility index (Phi) is 6.26. The van der Waals surface area contributed by atoms with Crippen LogP contribution in [-0.4, -0.2) is 36.5 Å². The number of benzene rings is 2. The van der Waals surface area contributed by atoms with E-state index < -0.39 is 10.0 Å². The molecule has 0 bridgehead atoms. The van der Waals surface area contributed by atoms with E-state index in [-0.39, 0.29) is 30.0 Å². The molecule has 29 heavy (non-hydrogen) atoms. The van der Waals surface area contributed by atoms with Gasteiger partial charge in [-0.15, -0.1) is 0 Å². The molecule has 3 aromatic rings. The summed E-state index contributed by atoms with van der Waals surface area (Å²) in [6.07, 6.45) is 0.279. The van der Waals surface area contributed by atoms with Gasteiger partial charge in [0.1, 0.15) is 5.75 Å². The topological polar surface area (TPSA) is 109 Å². The summed E-state index contributed by atoms with van der Waals surface area (Å²) in [4.78, 5) is 4.30. The summed E-state index contributed by atoms with van der Waals surface area (Å²) < 4.78 is 37.3. The van der Waals surface area contributed by atoms with E-state index in [1.54, 1.807) is 12.1 Å². The summed E-state index contributed by atoms with van der Waals surface area (Å²) in [5.41, 5.74) is 1.37. The van der Waals surface area contributed by atoms with Crippen molar-refractivity contribution in [3.8, 4) is 11.8 Å². The molecule has 150 valence electrons. The molecule has 9 heteroatoms. The second kappa shape index (κ2) is 8.86. The van der Waals surface area contributed by atoms with Crippen LogP contribution in [0.5, 0.6) is 5.75 Å². The van der Waals surface area contributed by atoms with Gasteiger partial charge in [-0.2, -0.15) is 10.2 Å². The minimum absolute atomic E-state index is 0.0689. The largest absolute Gasteiger partial charge is 0.484 e. The summed E-state index contributed by atoms with van der Waals surface area (Å²) in [5.74, 6) is 1.41. The number of sulfonamides is 1. The van der Waals surface area contributed by atoms with Crippen molar-refractivity contribution < 1.29 is 17.7 Å². The van der Waals surface area contributed by atoms with Crippen LogP contribution in [0.15, 0.2) is 57.9 Å². The molecule has 0 saturated carbocycles. The van der Waals surface area contributed by atoms with E-state index in [4.69, 9.17) is 14.5 Å². The Morgan fingerprint density at radius 2 is 2.00 bits per heavy atom. The predicted molar refractivity (Wildman–Crippen MR) is 104 cm³/mol. The number of nitriles is 1. The molecule has 0 radical (unpaired) electrons. The van der Waals surface area contributed by atoms with Crippen molar-refractivity contribution in [2.24, 2.45) is 0 Å². The highest BCUT2D eigenvalue weighted by atomic mass is 32.2. The molecule has 0 aliphatic rings. The monoisotopic (exact) mass is 412 g/mol. The first-order chi connectivity index (χ1) is 13.9. The SMILES string of the molecule is Cc1cccc(OCc2nc(CCN(C)S(=O)(=O)c3cccc(C#N)c3)no2)c1. The van der Waals surface area contributed by atoms with E-state index in [9.17, 15) is 8.42 Å². The Balaban J connectivity index is 1.58. The van der Waals surface area contributed by atoms with Crippen LogP contribution >= 0.6 is 0 Å². The van der Waals surface area contributed by atoms with E-state index in [1.807, 2.05) is 37.3 Å². The highest BCUT2D eigenvalue weighted by molar-refractivity contribution is 7.89. The van der Waals surface area contributed by atoms with Crippen molar-refractivity contribution in [2.75, 3.05) is 13.6 Å². The van der Waals surface area contributed by atoms with Gasteiger partial charge in [0.25, 0.3) is 5.89 Å². The first-order valence-electron chi connectivity index (χ1n) is 8.86. The number of hydrogen-bond acceptors (Lipinski definition) is 7. The number of rotatable bonds is 8. The fourth-order valence-corrected chi connectivity index (χ4v) is 3.80. The van der Waals surface area contributed by atoms with E-state index >= 15 is 0 Å². The average Bonchev–Trinajstić information content (AvgIpc) is 3.18. The third kappa shape index (κ3) is 5.19. The molecule has 2 aromatic carbocycles. The molecule has 0 N–H and O–H groups in total. The van der Waals surface area contributed by atoms with Crippen LogP contribution in [-0.2, 0) is 23.1 Å². The van der Waals surface area contributed by atoms with Crippen molar-refractivity contribution >= 4 is 10.0 Å². The number of aryl methyl sites for hydroxylation is 1. The second-order valence-corrected chi connectivity index (χ2v) is 8.47. The van der Waals surface area contributed by atoms with E-state index in [1.165, 1.54) is 23.5 Å². The minimum atomic E-state index is -3.71. The summed E-state index contributed by atoms with van der Waals surface area (Å²) in [6.45, 7) is 2.27. The van der Waals surface area contributed by atoms with Crippen LogP contribution in [0.1, 0.15) is 22.8 Å². The standard InChI is InChI=1S/C20H20N4O4S/c1-15-5-3-7-17(11-15)27-14-20-22-19(23-28-20)9-10-24(2)29(25,26)18-8-4-6-16(12-18)13-21/h3-8,11-12H,9-10,14H2,1-2H3. The Morgan fingerprint density at radius 3 is 2.76 bits per heavy atom. The summed E-state index contributed by atoms with van der Waals surface area (Å²) in [5, 5.41) is 12.8. The van der Waals surface area contributed by atoms with Gasteiger partial charge in [-0.05, 0) is 42.8 Å². The van der Waals surface area contributed by atoms with E-state index in [0.29, 0.717) is 17.5 Å². The third-order valence-electron chi connectivity index (χ3n) is 4.18. The van der Waals surface area contributed by atoms with Gasteiger partial charge in [-0.3, -0.25) is 0 Å². The van der Waals surface area contributed by atoms with Gasteiger partial charge in [0.05, 0.1) is 16.5 Å². The van der Waals surface area contributed by atoms with E-state index in [0.717, 1.165) is 5.56 Å². The van der Waals surface area contributed by atoms with Gasteiger partial charge in [0.15, 0.2) is 12.4 Å². The lowest BCUT2D eigenvalue weighted by atomic mass is 10.2. The molecule has 0 atom stereocenters. The highest BCUT2D eigenvalue weighted by Crippen LogP contribution is 2.17. The molecule has 3 rings (SSSR count). The normalized spacial score (nSPS) is 11.4. The van der Waals surface area contributed by atoms with Gasteiger partial charge in [0, 0.05) is 20.0 Å². The lowest BCUT2D eigenvalue weighted by Crippen LogP contribution is -2.29. The first-order valence-corrected chi connectivity index (χ1v) is 10.3. The Labute approximate surface area is 169 Å². The zero-order valence-electron chi connectivity index (χ0n) is 16.1. The molecule has 0 aliphatic carbocycles. The van der Waals surface area contributed by atoms with Gasteiger partial charge in [-0.25, -0.2) is 12.7 Å². The first kappa shape index (κ1) is 20.5. The highest BCUT2D eigenvalue weighted by Gasteiger charge is 2.21. The van der Waals surface area contributed by atoms with Gasteiger partial charge < -0.3 is 9.26 Å². The van der Waals surface area contributed by atoms with Crippen molar-refractivity contribution in [1.29, 1.82) is 5.26 Å². The van der Waals surface area contributed by atoms with Gasteiger partial charge in [0.2, 0.25) is 10.0 Å². The van der Waals surface area contributed by atoms with Crippen molar-refractivity contribution in [3.63, 3.8) is 0 Å². The molecule has 0 fully saturated rings. The molecule has 1 aromatic heterocycles. The molecule has 8 nitrogen and oxygen atoms in total. The van der Waals surface area contributed by atoms with Crippen molar-refractivity contribution in [3.05, 3.63) is 71.4 Å². The van der Waals surface area contributed by atoms with Crippen LogP contribution in [0.25, 0.3) is 0 Å². The molecule has 0 spiro atoms. The predicted octanol–water partition coefficient (Wildman–Crippen LogP) is 2.69.